The molecule has 0 bridgehead atoms. The number of rotatable bonds is 3. The van der Waals surface area contributed by atoms with E-state index in [1.54, 1.807) is 18.2 Å². The van der Waals surface area contributed by atoms with E-state index in [0.29, 0.717) is 5.56 Å². The minimum absolute atomic E-state index is 0.136. The summed E-state index contributed by atoms with van der Waals surface area (Å²) in [4.78, 5) is 0. The molecule has 0 spiro atoms. The fourth-order valence-corrected chi connectivity index (χ4v) is 1.08. The molecule has 1 rings (SSSR count). The summed E-state index contributed by atoms with van der Waals surface area (Å²) in [6.45, 7) is -0.477. The zero-order chi connectivity index (χ0) is 8.97. The molecule has 2 N–H and O–H groups in total. The fourth-order valence-electron chi connectivity index (χ4n) is 1.08. The van der Waals surface area contributed by atoms with Crippen molar-refractivity contribution in [3.05, 3.63) is 35.6 Å². The van der Waals surface area contributed by atoms with E-state index >= 15 is 0 Å². The molecule has 0 fully saturated rings. The van der Waals surface area contributed by atoms with Crippen LogP contribution in [0.1, 0.15) is 11.5 Å². The predicted octanol–water partition coefficient (Wildman–Crippen LogP) is 1.84. The molecule has 66 valence electrons. The van der Waals surface area contributed by atoms with Crippen LogP contribution in [0.25, 0.3) is 0 Å². The topological polar surface area (TPSA) is 26.0 Å². The second kappa shape index (κ2) is 4.16. The van der Waals surface area contributed by atoms with Gasteiger partial charge in [0.05, 0.1) is 6.67 Å². The molecule has 1 aromatic carbocycles. The van der Waals surface area contributed by atoms with Crippen molar-refractivity contribution in [2.24, 2.45) is 5.73 Å². The van der Waals surface area contributed by atoms with Gasteiger partial charge in [0, 0.05) is 12.5 Å². The zero-order valence-electron chi connectivity index (χ0n) is 6.63. The average molecular weight is 171 g/mol. The van der Waals surface area contributed by atoms with E-state index in [-0.39, 0.29) is 12.4 Å². The SMILES string of the molecule is NCC(CF)c1ccccc1F. The van der Waals surface area contributed by atoms with Crippen molar-refractivity contribution in [1.82, 2.24) is 0 Å². The standard InChI is InChI=1S/C9H11F2N/c10-5-7(6-12)8-3-1-2-4-9(8)11/h1-4,7H,5-6,12H2. The third-order valence-electron chi connectivity index (χ3n) is 1.82. The van der Waals surface area contributed by atoms with Crippen LogP contribution in [0.4, 0.5) is 8.78 Å². The minimum atomic E-state index is -0.614. The molecule has 1 unspecified atom stereocenters. The summed E-state index contributed by atoms with van der Waals surface area (Å²) in [5, 5.41) is 0. The maximum Gasteiger partial charge on any atom is 0.126 e. The summed E-state index contributed by atoms with van der Waals surface area (Å²) in [7, 11) is 0. The van der Waals surface area contributed by atoms with E-state index in [2.05, 4.69) is 0 Å². The largest absolute Gasteiger partial charge is 0.330 e. The van der Waals surface area contributed by atoms with Gasteiger partial charge in [0.1, 0.15) is 5.82 Å². The van der Waals surface area contributed by atoms with Gasteiger partial charge in [-0.25, -0.2) is 4.39 Å². The number of hydrogen-bond donors (Lipinski definition) is 1. The number of halogens is 2. The van der Waals surface area contributed by atoms with Crippen LogP contribution in [0.15, 0.2) is 24.3 Å². The number of benzene rings is 1. The molecule has 0 aromatic heterocycles. The molecule has 0 saturated carbocycles. The van der Waals surface area contributed by atoms with Crippen molar-refractivity contribution in [3.8, 4) is 0 Å². The number of nitrogens with two attached hydrogens (primary N) is 1. The molecule has 0 radical (unpaired) electrons. The van der Waals surface area contributed by atoms with E-state index in [9.17, 15) is 8.78 Å². The Labute approximate surface area is 70.2 Å². The summed E-state index contributed by atoms with van der Waals surface area (Å²) < 4.78 is 25.3. The molecule has 0 heterocycles. The third-order valence-corrected chi connectivity index (χ3v) is 1.82. The highest BCUT2D eigenvalue weighted by molar-refractivity contribution is 5.22. The van der Waals surface area contributed by atoms with Gasteiger partial charge in [-0.3, -0.25) is 4.39 Å². The van der Waals surface area contributed by atoms with Crippen molar-refractivity contribution in [2.75, 3.05) is 13.2 Å². The Morgan fingerprint density at radius 1 is 1.33 bits per heavy atom. The molecule has 3 heteroatoms. The van der Waals surface area contributed by atoms with Gasteiger partial charge < -0.3 is 5.73 Å². The highest BCUT2D eigenvalue weighted by atomic mass is 19.1. The van der Waals surface area contributed by atoms with Crippen LogP contribution >= 0.6 is 0 Å². The number of hydrogen-bond acceptors (Lipinski definition) is 1. The summed E-state index contributed by atoms with van der Waals surface area (Å²) >= 11 is 0. The molecular formula is C9H11F2N. The molecule has 12 heavy (non-hydrogen) atoms. The first-order valence-corrected chi connectivity index (χ1v) is 3.80. The van der Waals surface area contributed by atoms with E-state index in [1.165, 1.54) is 6.07 Å². The second-order valence-electron chi connectivity index (χ2n) is 2.61. The van der Waals surface area contributed by atoms with E-state index in [4.69, 9.17) is 5.73 Å². The quantitative estimate of drug-likeness (QED) is 0.737. The van der Waals surface area contributed by atoms with Crippen molar-refractivity contribution in [1.29, 1.82) is 0 Å². The van der Waals surface area contributed by atoms with Gasteiger partial charge in [-0.1, -0.05) is 18.2 Å². The Hall–Kier alpha value is -0.960. The Bertz CT molecular complexity index is 246. The summed E-state index contributed by atoms with van der Waals surface area (Å²) in [5.74, 6) is -0.892. The lowest BCUT2D eigenvalue weighted by Crippen LogP contribution is -2.15. The first-order valence-electron chi connectivity index (χ1n) is 3.80. The van der Waals surface area contributed by atoms with Gasteiger partial charge in [0.2, 0.25) is 0 Å². The van der Waals surface area contributed by atoms with Gasteiger partial charge >= 0.3 is 0 Å². The second-order valence-corrected chi connectivity index (χ2v) is 2.61. The molecule has 1 nitrogen and oxygen atoms in total. The molecule has 0 aliphatic carbocycles. The van der Waals surface area contributed by atoms with Crippen LogP contribution in [0.3, 0.4) is 0 Å². The van der Waals surface area contributed by atoms with Gasteiger partial charge in [0.25, 0.3) is 0 Å². The lowest BCUT2D eigenvalue weighted by molar-refractivity contribution is 0.424. The zero-order valence-corrected chi connectivity index (χ0v) is 6.63. The third kappa shape index (κ3) is 1.80. The smallest absolute Gasteiger partial charge is 0.126 e. The summed E-state index contributed by atoms with van der Waals surface area (Å²) in [5.41, 5.74) is 5.64. The van der Waals surface area contributed by atoms with Crippen LogP contribution in [0.2, 0.25) is 0 Å². The Morgan fingerprint density at radius 3 is 2.50 bits per heavy atom. The molecule has 1 atom stereocenters. The Morgan fingerprint density at radius 2 is 2.00 bits per heavy atom. The Balaban J connectivity index is 2.92. The monoisotopic (exact) mass is 171 g/mol. The number of alkyl halides is 1. The van der Waals surface area contributed by atoms with Crippen molar-refractivity contribution in [2.45, 2.75) is 5.92 Å². The van der Waals surface area contributed by atoms with Gasteiger partial charge in [-0.15, -0.1) is 0 Å². The highest BCUT2D eigenvalue weighted by Crippen LogP contribution is 2.18. The van der Waals surface area contributed by atoms with Crippen LogP contribution in [0, 0.1) is 5.82 Å². The molecule has 0 amide bonds. The molecule has 0 saturated heterocycles. The van der Waals surface area contributed by atoms with E-state index < -0.39 is 12.6 Å². The average Bonchev–Trinajstić information content (AvgIpc) is 2.10. The molecule has 1 aromatic rings. The molecule has 0 aliphatic heterocycles. The van der Waals surface area contributed by atoms with Crippen LogP contribution in [-0.4, -0.2) is 13.2 Å². The van der Waals surface area contributed by atoms with Gasteiger partial charge in [-0.05, 0) is 11.6 Å². The first-order chi connectivity index (χ1) is 5.79. The van der Waals surface area contributed by atoms with Crippen LogP contribution in [0.5, 0.6) is 0 Å². The predicted molar refractivity (Wildman–Crippen MR) is 44.2 cm³/mol. The van der Waals surface area contributed by atoms with E-state index in [1.807, 2.05) is 0 Å². The lowest BCUT2D eigenvalue weighted by Gasteiger charge is -2.10. The van der Waals surface area contributed by atoms with E-state index in [0.717, 1.165) is 0 Å². The summed E-state index contributed by atoms with van der Waals surface area (Å²) in [6, 6.07) is 6.13. The van der Waals surface area contributed by atoms with Gasteiger partial charge in [0.15, 0.2) is 0 Å². The van der Waals surface area contributed by atoms with Crippen LogP contribution in [-0.2, 0) is 0 Å². The van der Waals surface area contributed by atoms with Crippen LogP contribution < -0.4 is 5.73 Å². The van der Waals surface area contributed by atoms with Crippen molar-refractivity contribution in [3.63, 3.8) is 0 Å². The van der Waals surface area contributed by atoms with Gasteiger partial charge in [-0.2, -0.15) is 0 Å². The molecule has 0 aliphatic rings. The highest BCUT2D eigenvalue weighted by Gasteiger charge is 2.12. The summed E-state index contributed by atoms with van der Waals surface area (Å²) in [6.07, 6.45) is 0. The van der Waals surface area contributed by atoms with Crippen molar-refractivity contribution < 1.29 is 8.78 Å². The van der Waals surface area contributed by atoms with Crippen molar-refractivity contribution >= 4 is 0 Å². The Kier molecular flexibility index (Phi) is 3.17. The minimum Gasteiger partial charge on any atom is -0.330 e. The lowest BCUT2D eigenvalue weighted by atomic mass is 10.0. The maximum atomic E-state index is 13.0. The maximum absolute atomic E-state index is 13.0. The first kappa shape index (κ1) is 9.13. The normalized spacial score (nSPS) is 12.9. The fraction of sp³-hybridized carbons (Fsp3) is 0.333. The molecular weight excluding hydrogens is 160 g/mol.